The van der Waals surface area contributed by atoms with Gasteiger partial charge < -0.3 is 65.9 Å². The third kappa shape index (κ3) is 18.0. The van der Waals surface area contributed by atoms with Crippen LogP contribution < -0.4 is 55.7 Å². The van der Waals surface area contributed by atoms with Crippen molar-refractivity contribution in [1.82, 2.24) is 21.3 Å². The smallest absolute Gasteiger partial charge is 0.328 e. The molecule has 0 fully saturated rings. The van der Waals surface area contributed by atoms with Gasteiger partial charge in [0.1, 0.15) is 18.1 Å². The van der Waals surface area contributed by atoms with Gasteiger partial charge in [0.25, 0.3) is 0 Å². The van der Waals surface area contributed by atoms with Crippen molar-refractivity contribution in [3.63, 3.8) is 0 Å². The second-order valence-electron chi connectivity index (χ2n) is 10.9. The summed E-state index contributed by atoms with van der Waals surface area (Å²) in [5.41, 5.74) is 33.0. The highest BCUT2D eigenvalue weighted by molar-refractivity contribution is 5.95. The third-order valence-corrected chi connectivity index (χ3v) is 6.82. The maximum Gasteiger partial charge on any atom is 0.328 e. The fourth-order valence-electron chi connectivity index (χ4n) is 4.19. The van der Waals surface area contributed by atoms with E-state index in [-0.39, 0.29) is 51.2 Å². The Morgan fingerprint density at radius 3 is 1.59 bits per heavy atom. The summed E-state index contributed by atoms with van der Waals surface area (Å²) in [6.45, 7) is 2.03. The number of rotatable bonds is 25. The summed E-state index contributed by atoms with van der Waals surface area (Å²) in [4.78, 5) is 79.6. The molecule has 0 aliphatic rings. The predicted octanol–water partition coefficient (Wildman–Crippen LogP) is -4.70. The molecule has 0 aromatic carbocycles. The molecule has 0 saturated carbocycles. The zero-order valence-corrected chi connectivity index (χ0v) is 26.4. The van der Waals surface area contributed by atoms with Crippen LogP contribution in [-0.2, 0) is 28.8 Å². The largest absolute Gasteiger partial charge is 0.480 e. The molecule has 46 heavy (non-hydrogen) atoms. The molecule has 0 aromatic rings. The third-order valence-electron chi connectivity index (χ3n) is 6.82. The number of nitrogens with zero attached hydrogens (tertiary/aromatic N) is 1. The van der Waals surface area contributed by atoms with E-state index in [4.69, 9.17) is 34.4 Å². The lowest BCUT2D eigenvalue weighted by atomic mass is 10.0. The van der Waals surface area contributed by atoms with Crippen molar-refractivity contribution in [2.75, 3.05) is 19.6 Å². The number of amides is 5. The van der Waals surface area contributed by atoms with Crippen LogP contribution >= 0.6 is 0 Å². The number of carboxylic acids is 1. The Hall–Kier alpha value is -4.07. The minimum atomic E-state index is -1.66. The van der Waals surface area contributed by atoms with Crippen LogP contribution in [0.5, 0.6) is 0 Å². The molecular formula is C27H53N11O8. The molecule has 19 heteroatoms. The first kappa shape index (κ1) is 41.9. The van der Waals surface area contributed by atoms with Gasteiger partial charge in [-0.15, -0.1) is 0 Å². The van der Waals surface area contributed by atoms with E-state index in [0.29, 0.717) is 38.6 Å². The van der Waals surface area contributed by atoms with Crippen LogP contribution in [0.25, 0.3) is 0 Å². The number of aliphatic hydroxyl groups is 1. The SMILES string of the molecule is C[C@@H](O)[C@H](NC(=O)[C@H](CCCCN)NC(=O)[C@H](CCC(N)=O)NC(=O)[C@H](CCCN=C(N)N)NC(=O)[C@@H](N)CCCCN)C(=O)O. The average Bonchev–Trinajstić information content (AvgIpc) is 2.97. The molecule has 0 unspecified atom stereocenters. The van der Waals surface area contributed by atoms with Crippen molar-refractivity contribution in [2.45, 2.75) is 107 Å². The molecule has 264 valence electrons. The van der Waals surface area contributed by atoms with Gasteiger partial charge in [0.2, 0.25) is 29.5 Å². The van der Waals surface area contributed by atoms with Gasteiger partial charge in [0.05, 0.1) is 12.1 Å². The number of aliphatic hydroxyl groups excluding tert-OH is 1. The molecule has 0 rings (SSSR count). The van der Waals surface area contributed by atoms with Crippen molar-refractivity contribution in [2.24, 2.45) is 39.4 Å². The molecule has 6 atom stereocenters. The van der Waals surface area contributed by atoms with E-state index in [1.807, 2.05) is 0 Å². The lowest BCUT2D eigenvalue weighted by molar-refractivity contribution is -0.145. The van der Waals surface area contributed by atoms with Crippen molar-refractivity contribution >= 4 is 41.5 Å². The summed E-state index contributed by atoms with van der Waals surface area (Å²) in [6, 6.07) is -6.45. The van der Waals surface area contributed by atoms with Gasteiger partial charge in [-0.2, -0.15) is 0 Å². The highest BCUT2D eigenvalue weighted by Gasteiger charge is 2.32. The van der Waals surface area contributed by atoms with Crippen LogP contribution in [0.3, 0.4) is 0 Å². The number of carboxylic acid groups (broad SMARTS) is 1. The number of nitrogens with one attached hydrogen (secondary N) is 4. The fourth-order valence-corrected chi connectivity index (χ4v) is 4.19. The Morgan fingerprint density at radius 2 is 1.13 bits per heavy atom. The van der Waals surface area contributed by atoms with Gasteiger partial charge in [0, 0.05) is 13.0 Å². The normalized spacial score (nSPS) is 14.8. The van der Waals surface area contributed by atoms with Crippen molar-refractivity contribution in [1.29, 1.82) is 0 Å². The van der Waals surface area contributed by atoms with Crippen LogP contribution in [0.4, 0.5) is 0 Å². The first-order chi connectivity index (χ1) is 21.6. The maximum absolute atomic E-state index is 13.4. The van der Waals surface area contributed by atoms with Crippen molar-refractivity contribution in [3.05, 3.63) is 0 Å². The number of carbonyl (C=O) groups is 6. The monoisotopic (exact) mass is 659 g/mol. The molecule has 0 aliphatic heterocycles. The number of primary amides is 1. The first-order valence-electron chi connectivity index (χ1n) is 15.3. The summed E-state index contributed by atoms with van der Waals surface area (Å²) >= 11 is 0. The number of guanidine groups is 1. The Bertz CT molecular complexity index is 1020. The van der Waals surface area contributed by atoms with Crippen LogP contribution in [0.1, 0.15) is 71.1 Å². The Morgan fingerprint density at radius 1 is 0.674 bits per heavy atom. The van der Waals surface area contributed by atoms with E-state index in [0.717, 1.165) is 0 Å². The van der Waals surface area contributed by atoms with E-state index in [2.05, 4.69) is 26.3 Å². The van der Waals surface area contributed by atoms with Gasteiger partial charge in [-0.05, 0) is 71.4 Å². The topological polar surface area (TPSA) is 359 Å². The van der Waals surface area contributed by atoms with Gasteiger partial charge in [-0.1, -0.05) is 6.42 Å². The minimum absolute atomic E-state index is 0.0446. The fraction of sp³-hybridized carbons (Fsp3) is 0.741. The zero-order chi connectivity index (χ0) is 35.2. The highest BCUT2D eigenvalue weighted by Crippen LogP contribution is 2.08. The van der Waals surface area contributed by atoms with Crippen LogP contribution in [0, 0.1) is 0 Å². The summed E-state index contributed by atoms with van der Waals surface area (Å²) in [5, 5.41) is 28.9. The summed E-state index contributed by atoms with van der Waals surface area (Å²) in [7, 11) is 0. The quantitative estimate of drug-likeness (QED) is 0.0249. The number of carbonyl (C=O) groups excluding carboxylic acids is 5. The first-order valence-corrected chi connectivity index (χ1v) is 15.3. The minimum Gasteiger partial charge on any atom is -0.480 e. The van der Waals surface area contributed by atoms with Gasteiger partial charge in [0.15, 0.2) is 12.0 Å². The van der Waals surface area contributed by atoms with Crippen LogP contribution in [-0.4, -0.2) is 108 Å². The molecule has 18 N–H and O–H groups in total. The van der Waals surface area contributed by atoms with Gasteiger partial charge >= 0.3 is 5.97 Å². The van der Waals surface area contributed by atoms with E-state index >= 15 is 0 Å². The second kappa shape index (κ2) is 23.3. The molecule has 0 saturated heterocycles. The maximum atomic E-state index is 13.4. The molecule has 0 aromatic heterocycles. The lowest BCUT2D eigenvalue weighted by Gasteiger charge is -2.27. The summed E-state index contributed by atoms with van der Waals surface area (Å²) in [5.74, 6) is -5.60. The second-order valence-corrected chi connectivity index (χ2v) is 10.9. The standard InChI is InChI=1S/C27H53N11O8/c1-15(39)21(26(45)46)38-25(44)17(8-3-5-13-29)36-24(43)19(10-11-20(31)40)37-23(42)18(9-6-14-34-27(32)33)35-22(41)16(30)7-2-4-12-28/h15-19,21,39H,2-14,28-30H2,1H3,(H2,31,40)(H,35,41)(H,36,43)(H,37,42)(H,38,44)(H,45,46)(H4,32,33,34)/t15-,16+,17+,18+,19+,21+/m1/s1. The molecule has 0 heterocycles. The Labute approximate surface area is 268 Å². The van der Waals surface area contributed by atoms with E-state index in [9.17, 15) is 39.0 Å². The van der Waals surface area contributed by atoms with Crippen molar-refractivity contribution in [3.8, 4) is 0 Å². The average molecular weight is 660 g/mol. The number of aliphatic carboxylic acids is 1. The Kier molecular flexibility index (Phi) is 21.2. The van der Waals surface area contributed by atoms with Gasteiger partial charge in [-0.3, -0.25) is 29.0 Å². The predicted molar refractivity (Wildman–Crippen MR) is 169 cm³/mol. The molecule has 0 radical (unpaired) electrons. The lowest BCUT2D eigenvalue weighted by Crippen LogP contribution is -2.59. The highest BCUT2D eigenvalue weighted by atomic mass is 16.4. The molecule has 0 spiro atoms. The van der Waals surface area contributed by atoms with Crippen molar-refractivity contribution < 1.29 is 39.0 Å². The van der Waals surface area contributed by atoms with Crippen LogP contribution in [0.2, 0.25) is 0 Å². The number of hydrogen-bond donors (Lipinski definition) is 12. The summed E-state index contributed by atoms with van der Waals surface area (Å²) < 4.78 is 0. The number of hydrogen-bond acceptors (Lipinski definition) is 11. The molecule has 0 bridgehead atoms. The van der Waals surface area contributed by atoms with E-state index in [1.54, 1.807) is 0 Å². The number of unbranched alkanes of at least 4 members (excludes halogenated alkanes) is 2. The van der Waals surface area contributed by atoms with Crippen LogP contribution in [0.15, 0.2) is 4.99 Å². The van der Waals surface area contributed by atoms with E-state index in [1.165, 1.54) is 6.92 Å². The number of nitrogens with two attached hydrogens (primary N) is 6. The molecule has 19 nitrogen and oxygen atoms in total. The molecule has 0 aliphatic carbocycles. The molecular weight excluding hydrogens is 606 g/mol. The Balaban J connectivity index is 6.03. The number of aliphatic imine (C=N–C) groups is 1. The van der Waals surface area contributed by atoms with E-state index < -0.39 is 71.8 Å². The zero-order valence-electron chi connectivity index (χ0n) is 26.4. The molecule has 5 amide bonds. The summed E-state index contributed by atoms with van der Waals surface area (Å²) in [6.07, 6.45) is 0.739. The van der Waals surface area contributed by atoms with Gasteiger partial charge in [-0.25, -0.2) is 4.79 Å².